The first-order valence-electron chi connectivity index (χ1n) is 8.05. The summed E-state index contributed by atoms with van der Waals surface area (Å²) in [5, 5.41) is 6.76. The number of anilines is 1. The molecule has 138 valence electrons. The number of aromatic nitrogens is 1. The lowest BCUT2D eigenvalue weighted by Crippen LogP contribution is -2.28. The van der Waals surface area contributed by atoms with Crippen LogP contribution in [-0.4, -0.2) is 37.1 Å². The Morgan fingerprint density at radius 1 is 1.31 bits per heavy atom. The normalized spacial score (nSPS) is 10.7. The minimum Gasteiger partial charge on any atom is -0.493 e. The molecule has 1 aromatic carbocycles. The highest BCUT2D eigenvalue weighted by Crippen LogP contribution is 2.27. The average molecular weight is 358 g/mol. The number of nitrogens with zero attached hydrogens (tertiary/aromatic N) is 2. The van der Waals surface area contributed by atoms with Gasteiger partial charge in [0.1, 0.15) is 5.82 Å². The molecule has 1 aromatic heterocycles. The highest BCUT2D eigenvalue weighted by atomic mass is 16.5. The molecule has 0 radical (unpaired) electrons. The number of likely N-dealkylation sites (N-methyl/N-ethyl adjacent to an activating group) is 1. The van der Waals surface area contributed by atoms with Gasteiger partial charge < -0.3 is 20.5 Å². The number of pyridine rings is 1. The van der Waals surface area contributed by atoms with E-state index in [0.717, 1.165) is 10.2 Å². The quantitative estimate of drug-likeness (QED) is 0.722. The Bertz CT molecular complexity index is 874. The van der Waals surface area contributed by atoms with Crippen LogP contribution < -0.4 is 26.1 Å². The van der Waals surface area contributed by atoms with Crippen molar-refractivity contribution in [2.24, 2.45) is 5.10 Å². The predicted octanol–water partition coefficient (Wildman–Crippen LogP) is 1.14. The second-order valence-corrected chi connectivity index (χ2v) is 5.50. The summed E-state index contributed by atoms with van der Waals surface area (Å²) in [6.07, 6.45) is 1.49. The third-order valence-corrected chi connectivity index (χ3v) is 3.42. The van der Waals surface area contributed by atoms with E-state index in [9.17, 15) is 9.59 Å². The molecule has 0 atom stereocenters. The molecule has 1 amide bonds. The van der Waals surface area contributed by atoms with Gasteiger partial charge in [-0.1, -0.05) is 0 Å². The maximum Gasteiger partial charge on any atom is 0.273 e. The van der Waals surface area contributed by atoms with Gasteiger partial charge in [-0.15, -0.1) is 0 Å². The van der Waals surface area contributed by atoms with E-state index in [0.29, 0.717) is 23.6 Å². The molecule has 0 fully saturated rings. The van der Waals surface area contributed by atoms with Crippen molar-refractivity contribution in [1.29, 1.82) is 0 Å². The van der Waals surface area contributed by atoms with Crippen molar-refractivity contribution in [2.45, 2.75) is 13.8 Å². The molecule has 0 saturated heterocycles. The lowest BCUT2D eigenvalue weighted by molar-refractivity contribution is -0.123. The molecule has 0 spiro atoms. The van der Waals surface area contributed by atoms with E-state index in [2.05, 4.69) is 10.4 Å². The average Bonchev–Trinajstić information content (AvgIpc) is 2.59. The largest absolute Gasteiger partial charge is 0.493 e. The number of rotatable bonds is 7. The van der Waals surface area contributed by atoms with Gasteiger partial charge in [0.05, 0.1) is 13.3 Å². The first-order chi connectivity index (χ1) is 12.4. The van der Waals surface area contributed by atoms with Crippen molar-refractivity contribution in [2.75, 3.05) is 26.0 Å². The summed E-state index contributed by atoms with van der Waals surface area (Å²) >= 11 is 0. The molecule has 0 bridgehead atoms. The molecular weight excluding hydrogens is 336 g/mol. The SMILES string of the molecule is CCNC(=O)COc1ccc(C=Nn2c(N)cc(C)cc2=O)cc1OC. The fraction of sp³-hybridized carbons (Fsp3) is 0.278. The number of benzene rings is 1. The minimum atomic E-state index is -0.312. The van der Waals surface area contributed by atoms with Crippen LogP contribution in [0.4, 0.5) is 5.82 Å². The molecule has 26 heavy (non-hydrogen) atoms. The van der Waals surface area contributed by atoms with E-state index >= 15 is 0 Å². The van der Waals surface area contributed by atoms with Crippen LogP contribution in [0, 0.1) is 6.92 Å². The number of carbonyl (C=O) groups excluding carboxylic acids is 1. The van der Waals surface area contributed by atoms with Crippen molar-refractivity contribution in [1.82, 2.24) is 9.99 Å². The Hall–Kier alpha value is -3.29. The molecule has 3 N–H and O–H groups in total. The maximum absolute atomic E-state index is 11.9. The highest BCUT2D eigenvalue weighted by molar-refractivity contribution is 5.81. The molecule has 0 aliphatic heterocycles. The number of carbonyl (C=O) groups is 1. The third kappa shape index (κ3) is 4.85. The number of ether oxygens (including phenoxy) is 2. The summed E-state index contributed by atoms with van der Waals surface area (Å²) in [7, 11) is 1.50. The zero-order chi connectivity index (χ0) is 19.1. The number of methoxy groups -OCH3 is 1. The zero-order valence-corrected chi connectivity index (χ0v) is 15.0. The molecule has 1 heterocycles. The topological polar surface area (TPSA) is 108 Å². The highest BCUT2D eigenvalue weighted by Gasteiger charge is 2.08. The summed E-state index contributed by atoms with van der Waals surface area (Å²) in [5.74, 6) is 0.917. The van der Waals surface area contributed by atoms with E-state index in [1.807, 2.05) is 6.92 Å². The Morgan fingerprint density at radius 3 is 2.73 bits per heavy atom. The number of hydrogen-bond donors (Lipinski definition) is 2. The second kappa shape index (κ2) is 8.70. The molecular formula is C18H22N4O4. The lowest BCUT2D eigenvalue weighted by atomic mass is 10.2. The van der Waals surface area contributed by atoms with Gasteiger partial charge in [-0.05, 0) is 49.2 Å². The van der Waals surface area contributed by atoms with E-state index in [1.54, 1.807) is 31.2 Å². The van der Waals surface area contributed by atoms with Gasteiger partial charge in [0.15, 0.2) is 18.1 Å². The monoisotopic (exact) mass is 358 g/mol. The Balaban J connectivity index is 2.19. The second-order valence-electron chi connectivity index (χ2n) is 5.50. The first kappa shape index (κ1) is 19.0. The summed E-state index contributed by atoms with van der Waals surface area (Å²) in [6, 6.07) is 8.20. The number of amides is 1. The first-order valence-corrected chi connectivity index (χ1v) is 8.05. The van der Waals surface area contributed by atoms with Crippen molar-refractivity contribution < 1.29 is 14.3 Å². The predicted molar refractivity (Wildman–Crippen MR) is 100 cm³/mol. The van der Waals surface area contributed by atoms with Gasteiger partial charge >= 0.3 is 0 Å². The number of nitrogens with one attached hydrogen (secondary N) is 1. The summed E-state index contributed by atoms with van der Waals surface area (Å²) < 4.78 is 11.8. The van der Waals surface area contributed by atoms with Crippen LogP contribution in [0.2, 0.25) is 0 Å². The van der Waals surface area contributed by atoms with Gasteiger partial charge in [0.25, 0.3) is 11.5 Å². The van der Waals surface area contributed by atoms with E-state index in [1.165, 1.54) is 19.4 Å². The Labute approximate surface area is 151 Å². The molecule has 0 saturated carbocycles. The van der Waals surface area contributed by atoms with Gasteiger partial charge in [-0.25, -0.2) is 0 Å². The molecule has 2 aromatic rings. The van der Waals surface area contributed by atoms with Crippen molar-refractivity contribution in [3.8, 4) is 11.5 Å². The van der Waals surface area contributed by atoms with Gasteiger partial charge in [0.2, 0.25) is 0 Å². The number of nitrogen functional groups attached to an aromatic ring is 1. The smallest absolute Gasteiger partial charge is 0.273 e. The number of hydrogen-bond acceptors (Lipinski definition) is 6. The molecule has 0 unspecified atom stereocenters. The fourth-order valence-electron chi connectivity index (χ4n) is 2.24. The van der Waals surface area contributed by atoms with Crippen LogP contribution in [0.15, 0.2) is 40.2 Å². The van der Waals surface area contributed by atoms with Crippen molar-refractivity contribution >= 4 is 17.9 Å². The summed E-state index contributed by atoms with van der Waals surface area (Å²) in [6.45, 7) is 4.05. The molecule has 8 nitrogen and oxygen atoms in total. The van der Waals surface area contributed by atoms with Crippen LogP contribution in [0.25, 0.3) is 0 Å². The summed E-state index contributed by atoms with van der Waals surface area (Å²) in [5.41, 5.74) is 6.97. The Morgan fingerprint density at radius 2 is 2.08 bits per heavy atom. The van der Waals surface area contributed by atoms with Gasteiger partial charge in [0, 0.05) is 12.6 Å². The maximum atomic E-state index is 11.9. The number of aryl methyl sites for hydroxylation is 1. The lowest BCUT2D eigenvalue weighted by Gasteiger charge is -2.11. The fourth-order valence-corrected chi connectivity index (χ4v) is 2.24. The van der Waals surface area contributed by atoms with Crippen molar-refractivity contribution in [3.05, 3.63) is 51.8 Å². The van der Waals surface area contributed by atoms with Gasteiger partial charge in [-0.3, -0.25) is 9.59 Å². The van der Waals surface area contributed by atoms with Crippen LogP contribution in [0.5, 0.6) is 11.5 Å². The van der Waals surface area contributed by atoms with Crippen LogP contribution >= 0.6 is 0 Å². The van der Waals surface area contributed by atoms with Crippen LogP contribution in [0.1, 0.15) is 18.1 Å². The van der Waals surface area contributed by atoms with Crippen LogP contribution in [0.3, 0.4) is 0 Å². The number of nitrogens with two attached hydrogens (primary N) is 1. The van der Waals surface area contributed by atoms with E-state index in [4.69, 9.17) is 15.2 Å². The van der Waals surface area contributed by atoms with Crippen molar-refractivity contribution in [3.63, 3.8) is 0 Å². The molecule has 2 rings (SSSR count). The van der Waals surface area contributed by atoms with Gasteiger partial charge in [-0.2, -0.15) is 9.78 Å². The minimum absolute atomic E-state index is 0.104. The summed E-state index contributed by atoms with van der Waals surface area (Å²) in [4.78, 5) is 23.4. The van der Waals surface area contributed by atoms with E-state index < -0.39 is 0 Å². The Kier molecular flexibility index (Phi) is 6.37. The zero-order valence-electron chi connectivity index (χ0n) is 15.0. The standard InChI is InChI=1S/C18H22N4O4/c1-4-20-17(23)11-26-14-6-5-13(9-15(14)25-3)10-21-22-16(19)7-12(2)8-18(22)24/h5-10H,4,11,19H2,1-3H3,(H,20,23). The van der Waals surface area contributed by atoms with Crippen LogP contribution in [-0.2, 0) is 4.79 Å². The third-order valence-electron chi connectivity index (χ3n) is 3.42. The molecule has 8 heteroatoms. The molecule has 0 aliphatic rings. The van der Waals surface area contributed by atoms with E-state index in [-0.39, 0.29) is 23.9 Å². The molecule has 0 aliphatic carbocycles.